The Bertz CT molecular complexity index is 102. The minimum Gasteiger partial charge on any atom is -0.330 e. The molecule has 0 rings (SSSR count). The molecule has 0 unspecified atom stereocenters. The van der Waals surface area contributed by atoms with Crippen LogP contribution in [0.4, 0.5) is 0 Å². The largest absolute Gasteiger partial charge is 0.330 e. The van der Waals surface area contributed by atoms with Crippen molar-refractivity contribution in [2.75, 3.05) is 12.3 Å². The van der Waals surface area contributed by atoms with E-state index in [1.165, 1.54) is 0 Å². The number of allylic oxidation sites excluding steroid dienone is 1. The van der Waals surface area contributed by atoms with Crippen molar-refractivity contribution in [1.82, 2.24) is 0 Å². The van der Waals surface area contributed by atoms with Crippen molar-refractivity contribution in [2.45, 2.75) is 0 Å². The van der Waals surface area contributed by atoms with Crippen LogP contribution in [-0.2, 0) is 0 Å². The Hall–Kier alpha value is -0.390. The lowest BCUT2D eigenvalue weighted by molar-refractivity contribution is 1.15. The predicted molar refractivity (Wildman–Crippen MR) is 39.5 cm³/mol. The molecule has 0 saturated heterocycles. The van der Waals surface area contributed by atoms with Gasteiger partial charge in [-0.15, -0.1) is 18.2 Å². The third kappa shape index (κ3) is 5.61. The highest BCUT2D eigenvalue weighted by atomic mass is 32.2. The van der Waals surface area contributed by atoms with Gasteiger partial charge in [-0.3, -0.25) is 0 Å². The van der Waals surface area contributed by atoms with Gasteiger partial charge in [0.05, 0.1) is 0 Å². The summed E-state index contributed by atoms with van der Waals surface area (Å²) in [4.78, 5) is 0. The normalized spacial score (nSPS) is 9.50. The summed E-state index contributed by atoms with van der Waals surface area (Å²) in [5.74, 6) is 3.33. The third-order valence-electron chi connectivity index (χ3n) is 0.496. The van der Waals surface area contributed by atoms with Crippen molar-refractivity contribution in [3.05, 3.63) is 11.5 Å². The van der Waals surface area contributed by atoms with E-state index in [2.05, 4.69) is 5.92 Å². The highest BCUT2D eigenvalue weighted by Gasteiger charge is 1.73. The van der Waals surface area contributed by atoms with Crippen molar-refractivity contribution in [3.8, 4) is 12.3 Å². The average molecular weight is 127 g/mol. The molecule has 0 aromatic heterocycles. The minimum absolute atomic E-state index is 0.708. The standard InChI is InChI=1S/C6H9NS/c1-2-3-5-8-6-4-7/h1,3,5H,4,6-7H2/b5-3-. The fourth-order valence-corrected chi connectivity index (χ4v) is 0.670. The fourth-order valence-electron chi connectivity index (χ4n) is 0.223. The molecule has 0 saturated carbocycles. The number of thioether (sulfide) groups is 1. The number of nitrogens with two attached hydrogens (primary N) is 1. The zero-order valence-corrected chi connectivity index (χ0v) is 5.45. The molecule has 44 valence electrons. The van der Waals surface area contributed by atoms with Gasteiger partial charge in [0.25, 0.3) is 0 Å². The summed E-state index contributed by atoms with van der Waals surface area (Å²) >= 11 is 1.63. The van der Waals surface area contributed by atoms with Gasteiger partial charge >= 0.3 is 0 Å². The van der Waals surface area contributed by atoms with Crippen LogP contribution >= 0.6 is 11.8 Å². The summed E-state index contributed by atoms with van der Waals surface area (Å²) in [6.07, 6.45) is 6.60. The van der Waals surface area contributed by atoms with Crippen LogP contribution in [-0.4, -0.2) is 12.3 Å². The smallest absolute Gasteiger partial charge is 0.00976 e. The minimum atomic E-state index is 0.708. The number of terminal acetylenes is 1. The summed E-state index contributed by atoms with van der Waals surface area (Å²) in [6, 6.07) is 0. The topological polar surface area (TPSA) is 26.0 Å². The van der Waals surface area contributed by atoms with E-state index in [4.69, 9.17) is 12.2 Å². The van der Waals surface area contributed by atoms with Crippen LogP contribution in [0.1, 0.15) is 0 Å². The van der Waals surface area contributed by atoms with E-state index in [0.717, 1.165) is 5.75 Å². The van der Waals surface area contributed by atoms with E-state index >= 15 is 0 Å². The van der Waals surface area contributed by atoms with Gasteiger partial charge in [-0.2, -0.15) is 0 Å². The lowest BCUT2D eigenvalue weighted by atomic mass is 10.7. The summed E-state index contributed by atoms with van der Waals surface area (Å²) in [5.41, 5.74) is 5.20. The number of rotatable bonds is 3. The molecular weight excluding hydrogens is 118 g/mol. The zero-order valence-electron chi connectivity index (χ0n) is 4.63. The number of hydrogen-bond donors (Lipinski definition) is 1. The lowest BCUT2D eigenvalue weighted by Crippen LogP contribution is -1.99. The van der Waals surface area contributed by atoms with Crippen molar-refractivity contribution in [2.24, 2.45) is 5.73 Å². The van der Waals surface area contributed by atoms with Crippen molar-refractivity contribution in [1.29, 1.82) is 0 Å². The van der Waals surface area contributed by atoms with Gasteiger partial charge in [0, 0.05) is 12.3 Å². The van der Waals surface area contributed by atoms with Gasteiger partial charge in [-0.1, -0.05) is 5.92 Å². The van der Waals surface area contributed by atoms with Crippen LogP contribution < -0.4 is 5.73 Å². The predicted octanol–water partition coefficient (Wildman–Crippen LogP) is 0.825. The highest BCUT2D eigenvalue weighted by molar-refractivity contribution is 8.02. The maximum atomic E-state index is 5.20. The molecule has 1 nitrogen and oxygen atoms in total. The van der Waals surface area contributed by atoms with Crippen molar-refractivity contribution in [3.63, 3.8) is 0 Å². The maximum Gasteiger partial charge on any atom is 0.00976 e. The summed E-state index contributed by atoms with van der Waals surface area (Å²) in [7, 11) is 0. The monoisotopic (exact) mass is 127 g/mol. The molecule has 0 bridgehead atoms. The fraction of sp³-hybridized carbons (Fsp3) is 0.333. The molecule has 0 aliphatic rings. The zero-order chi connectivity index (χ0) is 6.24. The Kier molecular flexibility index (Phi) is 6.29. The van der Waals surface area contributed by atoms with E-state index in [-0.39, 0.29) is 0 Å². The van der Waals surface area contributed by atoms with E-state index in [0.29, 0.717) is 6.54 Å². The highest BCUT2D eigenvalue weighted by Crippen LogP contribution is 1.97. The Morgan fingerprint density at radius 3 is 3.00 bits per heavy atom. The molecule has 2 N–H and O–H groups in total. The lowest BCUT2D eigenvalue weighted by Gasteiger charge is -1.84. The second-order valence-electron chi connectivity index (χ2n) is 1.13. The van der Waals surface area contributed by atoms with E-state index in [1.54, 1.807) is 17.8 Å². The van der Waals surface area contributed by atoms with E-state index in [1.807, 2.05) is 5.41 Å². The summed E-state index contributed by atoms with van der Waals surface area (Å²) in [5, 5.41) is 1.87. The van der Waals surface area contributed by atoms with E-state index in [9.17, 15) is 0 Å². The molecule has 0 amide bonds. The van der Waals surface area contributed by atoms with Crippen LogP contribution in [0.3, 0.4) is 0 Å². The second kappa shape index (κ2) is 6.61. The van der Waals surface area contributed by atoms with Crippen LogP contribution in [0, 0.1) is 12.3 Å². The first-order valence-corrected chi connectivity index (χ1v) is 3.39. The Balaban J connectivity index is 2.94. The number of hydrogen-bond acceptors (Lipinski definition) is 2. The van der Waals surface area contributed by atoms with Crippen LogP contribution in [0.25, 0.3) is 0 Å². The SMILES string of the molecule is C#C/C=C\SCCN. The molecule has 0 heterocycles. The van der Waals surface area contributed by atoms with Gasteiger partial charge < -0.3 is 5.73 Å². The van der Waals surface area contributed by atoms with Crippen LogP contribution in [0.5, 0.6) is 0 Å². The molecule has 0 aromatic rings. The van der Waals surface area contributed by atoms with E-state index < -0.39 is 0 Å². The molecule has 0 spiro atoms. The van der Waals surface area contributed by atoms with Crippen molar-refractivity contribution < 1.29 is 0 Å². The molecular formula is C6H9NS. The molecule has 0 aliphatic heterocycles. The summed E-state index contributed by atoms with van der Waals surface area (Å²) < 4.78 is 0. The first-order valence-electron chi connectivity index (χ1n) is 2.34. The van der Waals surface area contributed by atoms with Crippen LogP contribution in [0.2, 0.25) is 0 Å². The third-order valence-corrected chi connectivity index (χ3v) is 1.30. The first-order chi connectivity index (χ1) is 3.91. The average Bonchev–Trinajstić information content (AvgIpc) is 1.81. The second-order valence-corrected chi connectivity index (χ2v) is 2.14. The molecule has 2 heteroatoms. The quantitative estimate of drug-likeness (QED) is 0.449. The van der Waals surface area contributed by atoms with Gasteiger partial charge in [-0.25, -0.2) is 0 Å². The Labute approximate surface area is 54.3 Å². The summed E-state index contributed by atoms with van der Waals surface area (Å²) in [6.45, 7) is 0.708. The Morgan fingerprint density at radius 2 is 2.50 bits per heavy atom. The molecule has 0 fully saturated rings. The first kappa shape index (κ1) is 7.61. The molecule has 8 heavy (non-hydrogen) atoms. The van der Waals surface area contributed by atoms with Crippen molar-refractivity contribution >= 4 is 11.8 Å². The van der Waals surface area contributed by atoms with Gasteiger partial charge in [-0.05, 0) is 11.5 Å². The van der Waals surface area contributed by atoms with Gasteiger partial charge in [0.15, 0.2) is 0 Å². The van der Waals surface area contributed by atoms with Crippen LogP contribution in [0.15, 0.2) is 11.5 Å². The molecule has 0 aliphatic carbocycles. The van der Waals surface area contributed by atoms with Gasteiger partial charge in [0.1, 0.15) is 0 Å². The molecule has 0 aromatic carbocycles. The Morgan fingerprint density at radius 1 is 1.75 bits per heavy atom. The maximum absolute atomic E-state index is 5.20. The molecule has 0 radical (unpaired) electrons. The van der Waals surface area contributed by atoms with Gasteiger partial charge in [0.2, 0.25) is 0 Å². The molecule has 0 atom stereocenters.